The molecule has 6 nitrogen and oxygen atoms in total. The summed E-state index contributed by atoms with van der Waals surface area (Å²) >= 11 is 5.87. The summed E-state index contributed by atoms with van der Waals surface area (Å²) < 4.78 is 0. The van der Waals surface area contributed by atoms with Gasteiger partial charge in [0.15, 0.2) is 0 Å². The largest absolute Gasteiger partial charge is 0.384 e. The Hall–Kier alpha value is -2.18. The fourth-order valence-electron chi connectivity index (χ4n) is 1.57. The molecule has 0 radical (unpaired) electrons. The Balaban J connectivity index is 2.38. The van der Waals surface area contributed by atoms with Crippen LogP contribution in [0.4, 0.5) is 11.5 Å². The van der Waals surface area contributed by atoms with Crippen LogP contribution < -0.4 is 11.2 Å². The van der Waals surface area contributed by atoms with Crippen LogP contribution in [-0.4, -0.2) is 22.4 Å². The Labute approximate surface area is 120 Å². The molecule has 0 bridgehead atoms. The Bertz CT molecular complexity index is 634. The fraction of sp³-hybridized carbons (Fsp3) is 0.154. The zero-order valence-corrected chi connectivity index (χ0v) is 11.5. The molecule has 2 aromatic heterocycles. The Morgan fingerprint density at radius 3 is 2.95 bits per heavy atom. The first kappa shape index (κ1) is 14.2. The number of hydrogen-bond acceptors (Lipinski definition) is 6. The molecule has 0 amide bonds. The predicted octanol–water partition coefficient (Wildman–Crippen LogP) is 2.31. The van der Waals surface area contributed by atoms with Crippen LogP contribution in [-0.2, 0) is 4.84 Å². The van der Waals surface area contributed by atoms with Gasteiger partial charge in [0.1, 0.15) is 11.5 Å². The number of nitrogen functional groups attached to an aromatic ring is 1. The van der Waals surface area contributed by atoms with Gasteiger partial charge in [-0.15, -0.1) is 0 Å². The van der Waals surface area contributed by atoms with E-state index in [2.05, 4.69) is 15.4 Å². The summed E-state index contributed by atoms with van der Waals surface area (Å²) in [5.41, 5.74) is 9.23. The van der Waals surface area contributed by atoms with E-state index in [4.69, 9.17) is 22.2 Å². The number of halogens is 1. The number of pyridine rings is 2. The molecule has 0 atom stereocenters. The third-order valence-corrected chi connectivity index (χ3v) is 2.65. The highest BCUT2D eigenvalue weighted by atomic mass is 35.5. The number of nitrogens with one attached hydrogen (secondary N) is 1. The first-order chi connectivity index (χ1) is 9.61. The van der Waals surface area contributed by atoms with Crippen molar-refractivity contribution in [1.82, 2.24) is 9.97 Å². The van der Waals surface area contributed by atoms with Gasteiger partial charge in [-0.1, -0.05) is 11.6 Å². The van der Waals surface area contributed by atoms with Gasteiger partial charge in [0.2, 0.25) is 5.78 Å². The highest BCUT2D eigenvalue weighted by Gasteiger charge is 2.16. The molecule has 104 valence electrons. The molecule has 7 heteroatoms. The lowest BCUT2D eigenvalue weighted by atomic mass is 10.1. The van der Waals surface area contributed by atoms with Crippen molar-refractivity contribution in [1.29, 1.82) is 0 Å². The van der Waals surface area contributed by atoms with Crippen molar-refractivity contribution in [2.24, 2.45) is 0 Å². The predicted molar refractivity (Wildman–Crippen MR) is 76.6 cm³/mol. The molecule has 3 N–H and O–H groups in total. The summed E-state index contributed by atoms with van der Waals surface area (Å²) in [4.78, 5) is 25.4. The third-order valence-electron chi connectivity index (χ3n) is 2.44. The molecule has 20 heavy (non-hydrogen) atoms. The topological polar surface area (TPSA) is 90.1 Å². The quantitative estimate of drug-likeness (QED) is 0.649. The van der Waals surface area contributed by atoms with Crippen LogP contribution in [0.15, 0.2) is 30.6 Å². The van der Waals surface area contributed by atoms with Gasteiger partial charge < -0.3 is 5.73 Å². The van der Waals surface area contributed by atoms with Gasteiger partial charge in [-0.25, -0.2) is 9.97 Å². The maximum atomic E-state index is 12.4. The van der Waals surface area contributed by atoms with Crippen LogP contribution in [0.3, 0.4) is 0 Å². The molecule has 0 unspecified atom stereocenters. The standard InChI is InChI=1S/C13H13ClN4O2/c1-2-20-18-10-6-9(14)7-17-12(10)13(19)8-3-4-16-11(15)5-8/h3-7,18H,2H2,1H3,(H2,15,16). The number of nitrogens with zero attached hydrogens (tertiary/aromatic N) is 2. The Morgan fingerprint density at radius 1 is 1.45 bits per heavy atom. The van der Waals surface area contributed by atoms with Gasteiger partial charge in [-0.3, -0.25) is 15.1 Å². The van der Waals surface area contributed by atoms with E-state index in [0.717, 1.165) is 0 Å². The average molecular weight is 293 g/mol. The maximum Gasteiger partial charge on any atom is 0.213 e. The summed E-state index contributed by atoms with van der Waals surface area (Å²) in [6.45, 7) is 2.25. The minimum atomic E-state index is -0.294. The first-order valence-corrected chi connectivity index (χ1v) is 6.29. The smallest absolute Gasteiger partial charge is 0.213 e. The number of anilines is 2. The van der Waals surface area contributed by atoms with Crippen LogP contribution in [0.5, 0.6) is 0 Å². The molecule has 2 rings (SSSR count). The van der Waals surface area contributed by atoms with E-state index in [1.807, 2.05) is 6.92 Å². The van der Waals surface area contributed by atoms with Crippen molar-refractivity contribution in [2.75, 3.05) is 17.8 Å². The molecular formula is C13H13ClN4O2. The van der Waals surface area contributed by atoms with Crippen LogP contribution in [0, 0.1) is 0 Å². The molecule has 0 aliphatic carbocycles. The molecular weight excluding hydrogens is 280 g/mol. The van der Waals surface area contributed by atoms with Crippen molar-refractivity contribution in [3.05, 3.63) is 46.9 Å². The molecule has 0 fully saturated rings. The van der Waals surface area contributed by atoms with E-state index >= 15 is 0 Å². The maximum absolute atomic E-state index is 12.4. The second-order valence-electron chi connectivity index (χ2n) is 3.88. The van der Waals surface area contributed by atoms with E-state index in [-0.39, 0.29) is 17.3 Å². The normalized spacial score (nSPS) is 10.3. The number of carbonyl (C=O) groups excluding carboxylic acids is 1. The summed E-state index contributed by atoms with van der Waals surface area (Å²) in [7, 11) is 0. The van der Waals surface area contributed by atoms with Crippen molar-refractivity contribution < 1.29 is 9.63 Å². The number of rotatable bonds is 5. The fourth-order valence-corrected chi connectivity index (χ4v) is 1.73. The summed E-state index contributed by atoms with van der Waals surface area (Å²) in [6.07, 6.45) is 2.87. The van der Waals surface area contributed by atoms with E-state index in [1.165, 1.54) is 18.5 Å². The van der Waals surface area contributed by atoms with E-state index in [1.54, 1.807) is 12.1 Å². The van der Waals surface area contributed by atoms with Gasteiger partial charge in [0.25, 0.3) is 0 Å². The van der Waals surface area contributed by atoms with Gasteiger partial charge in [0, 0.05) is 18.0 Å². The lowest BCUT2D eigenvalue weighted by molar-refractivity contribution is 0.103. The van der Waals surface area contributed by atoms with Gasteiger partial charge in [0.05, 0.1) is 17.3 Å². The molecule has 0 aromatic carbocycles. The Morgan fingerprint density at radius 2 is 2.25 bits per heavy atom. The van der Waals surface area contributed by atoms with Crippen LogP contribution in [0.1, 0.15) is 23.0 Å². The summed E-state index contributed by atoms with van der Waals surface area (Å²) in [5.74, 6) is -0.0258. The van der Waals surface area contributed by atoms with E-state index in [0.29, 0.717) is 22.9 Å². The average Bonchev–Trinajstić information content (AvgIpc) is 2.44. The number of carbonyl (C=O) groups is 1. The van der Waals surface area contributed by atoms with Crippen LogP contribution in [0.25, 0.3) is 0 Å². The molecule has 0 aliphatic heterocycles. The second-order valence-corrected chi connectivity index (χ2v) is 4.32. The van der Waals surface area contributed by atoms with Gasteiger partial charge in [-0.2, -0.15) is 0 Å². The highest BCUT2D eigenvalue weighted by molar-refractivity contribution is 6.31. The Kier molecular flexibility index (Phi) is 4.49. The summed E-state index contributed by atoms with van der Waals surface area (Å²) in [5, 5.41) is 0.401. The molecule has 0 aliphatic rings. The van der Waals surface area contributed by atoms with Gasteiger partial charge >= 0.3 is 0 Å². The lowest BCUT2D eigenvalue weighted by Gasteiger charge is -2.10. The number of aromatic nitrogens is 2. The number of nitrogens with two attached hydrogens (primary N) is 1. The van der Waals surface area contributed by atoms with Crippen molar-refractivity contribution in [3.63, 3.8) is 0 Å². The van der Waals surface area contributed by atoms with Crippen molar-refractivity contribution in [2.45, 2.75) is 6.92 Å². The molecule has 2 heterocycles. The van der Waals surface area contributed by atoms with Crippen molar-refractivity contribution in [3.8, 4) is 0 Å². The minimum Gasteiger partial charge on any atom is -0.384 e. The molecule has 0 saturated carbocycles. The molecule has 0 saturated heterocycles. The SMILES string of the molecule is CCONc1cc(Cl)cnc1C(=O)c1ccnc(N)c1. The number of ketones is 1. The molecule has 0 spiro atoms. The monoisotopic (exact) mass is 292 g/mol. The van der Waals surface area contributed by atoms with E-state index < -0.39 is 0 Å². The second kappa shape index (κ2) is 6.31. The van der Waals surface area contributed by atoms with Crippen molar-refractivity contribution >= 4 is 28.9 Å². The summed E-state index contributed by atoms with van der Waals surface area (Å²) in [6, 6.07) is 4.63. The van der Waals surface area contributed by atoms with E-state index in [9.17, 15) is 4.79 Å². The van der Waals surface area contributed by atoms with Crippen LogP contribution in [0.2, 0.25) is 5.02 Å². The zero-order chi connectivity index (χ0) is 14.5. The lowest BCUT2D eigenvalue weighted by Crippen LogP contribution is -2.11. The minimum absolute atomic E-state index is 0.202. The zero-order valence-electron chi connectivity index (χ0n) is 10.8. The number of hydrogen-bond donors (Lipinski definition) is 2. The van der Waals surface area contributed by atoms with Gasteiger partial charge in [-0.05, 0) is 25.1 Å². The first-order valence-electron chi connectivity index (χ1n) is 5.91. The molecule has 2 aromatic rings. The third kappa shape index (κ3) is 3.23. The highest BCUT2D eigenvalue weighted by Crippen LogP contribution is 2.21. The van der Waals surface area contributed by atoms with Crippen LogP contribution >= 0.6 is 11.6 Å².